The zero-order valence-corrected chi connectivity index (χ0v) is 22.0. The Bertz CT molecular complexity index is 1080. The molecule has 0 aliphatic carbocycles. The van der Waals surface area contributed by atoms with E-state index in [0.717, 1.165) is 27.7 Å². The number of carbonyl (C=O) groups excluding carboxylic acids is 2. The molecule has 0 fully saturated rings. The van der Waals surface area contributed by atoms with Gasteiger partial charge in [0.1, 0.15) is 4.21 Å². The number of amides is 2. The van der Waals surface area contributed by atoms with Crippen LogP contribution in [0.2, 0.25) is 0 Å². The molecule has 1 aromatic rings. The first kappa shape index (κ1) is 29.5. The van der Waals surface area contributed by atoms with Crippen LogP contribution in [0.15, 0.2) is 14.5 Å². The number of nitrogens with zero attached hydrogens (tertiary/aromatic N) is 4. The smallest absolute Gasteiger partial charge is 0.294 e. The van der Waals surface area contributed by atoms with Crippen LogP contribution in [0.5, 0.6) is 0 Å². The van der Waals surface area contributed by atoms with Gasteiger partial charge in [0.15, 0.2) is 9.84 Å². The van der Waals surface area contributed by atoms with E-state index in [4.69, 9.17) is 5.84 Å². The Morgan fingerprint density at radius 3 is 2.25 bits per heavy atom. The Morgan fingerprint density at radius 2 is 1.72 bits per heavy atom. The molecule has 2 rings (SSSR count). The maximum Gasteiger partial charge on any atom is 0.294 e. The van der Waals surface area contributed by atoms with Gasteiger partial charge in [0.25, 0.3) is 10.2 Å². The maximum atomic E-state index is 13.0. The predicted octanol–water partition coefficient (Wildman–Crippen LogP) is 1.89. The lowest BCUT2D eigenvalue weighted by Crippen LogP contribution is -2.40. The van der Waals surface area contributed by atoms with Gasteiger partial charge in [0.05, 0.1) is 28.7 Å². The predicted molar refractivity (Wildman–Crippen MR) is 127 cm³/mol. The molecule has 0 saturated heterocycles. The van der Waals surface area contributed by atoms with Crippen molar-refractivity contribution in [2.45, 2.75) is 65.7 Å². The van der Waals surface area contributed by atoms with Gasteiger partial charge < -0.3 is 14.6 Å². The van der Waals surface area contributed by atoms with Crippen molar-refractivity contribution in [3.63, 3.8) is 0 Å². The maximum absolute atomic E-state index is 13.0. The highest BCUT2D eigenvalue weighted by molar-refractivity contribution is 8.00. The summed E-state index contributed by atoms with van der Waals surface area (Å²) < 4.78 is 27.3. The second-order valence-corrected chi connectivity index (χ2v) is 12.6. The van der Waals surface area contributed by atoms with Crippen molar-refractivity contribution in [1.82, 2.24) is 9.31 Å². The minimum atomic E-state index is -3.66. The number of hydrogen-bond donors (Lipinski definition) is 1. The third kappa shape index (κ3) is 7.65. The summed E-state index contributed by atoms with van der Waals surface area (Å²) in [6, 6.07) is 1.05. The highest BCUT2D eigenvalue weighted by Gasteiger charge is 2.41. The van der Waals surface area contributed by atoms with E-state index >= 15 is 0 Å². The van der Waals surface area contributed by atoms with E-state index in [0.29, 0.717) is 9.77 Å². The molecule has 2 heterocycles. The molecular weight excluding hydrogens is 542 g/mol. The largest absolute Gasteiger partial charge is 0.336 e. The molecule has 2 N–H and O–H groups in total. The molecular formula is C18H27N5O10S3. The van der Waals surface area contributed by atoms with Crippen LogP contribution < -0.4 is 5.84 Å². The summed E-state index contributed by atoms with van der Waals surface area (Å²) in [4.78, 5) is 55.5. The summed E-state index contributed by atoms with van der Waals surface area (Å²) in [5.74, 6) is 4.98. The van der Waals surface area contributed by atoms with Crippen molar-refractivity contribution < 1.29 is 37.9 Å². The van der Waals surface area contributed by atoms with E-state index in [1.165, 1.54) is 4.90 Å². The monoisotopic (exact) mass is 569 g/mol. The van der Waals surface area contributed by atoms with Gasteiger partial charge in [-0.25, -0.2) is 18.7 Å². The highest BCUT2D eigenvalue weighted by Crippen LogP contribution is 2.46. The van der Waals surface area contributed by atoms with Crippen molar-refractivity contribution in [3.8, 4) is 0 Å². The van der Waals surface area contributed by atoms with Gasteiger partial charge in [0, 0.05) is 36.9 Å². The van der Waals surface area contributed by atoms with Crippen LogP contribution in [0.1, 0.15) is 57.6 Å². The number of hydrogen-bond acceptors (Lipinski definition) is 13. The molecule has 202 valence electrons. The van der Waals surface area contributed by atoms with Gasteiger partial charge in [-0.05, 0) is 39.2 Å². The zero-order valence-electron chi connectivity index (χ0n) is 19.6. The highest BCUT2D eigenvalue weighted by atomic mass is 32.2. The second-order valence-electron chi connectivity index (χ2n) is 7.73. The van der Waals surface area contributed by atoms with Gasteiger partial charge in [-0.15, -0.1) is 31.6 Å². The van der Waals surface area contributed by atoms with Crippen molar-refractivity contribution in [2.75, 3.05) is 19.8 Å². The molecule has 0 aromatic carbocycles. The van der Waals surface area contributed by atoms with Crippen LogP contribution in [0.3, 0.4) is 0 Å². The van der Waals surface area contributed by atoms with Crippen LogP contribution in [-0.2, 0) is 29.1 Å². The van der Waals surface area contributed by atoms with E-state index in [9.17, 15) is 38.2 Å². The standard InChI is InChI=1S/C18H27N5O10S3/c1-3-20(15(24)6-4-8-32-22(26)27)14-10-12(2)36(30,31)18-13(14)11-17(34-18)35-21(19)16(25)7-5-9-33-23(28)29/h11-12,14H,3-10,19H2,1-2H3. The van der Waals surface area contributed by atoms with Crippen molar-refractivity contribution in [1.29, 1.82) is 0 Å². The summed E-state index contributed by atoms with van der Waals surface area (Å²) in [5, 5.41) is 17.8. The number of rotatable bonds is 14. The molecule has 0 radical (unpaired) electrons. The topological polar surface area (TPSA) is 206 Å². The Labute approximate surface area is 215 Å². The van der Waals surface area contributed by atoms with Gasteiger partial charge in [-0.3, -0.25) is 9.59 Å². The van der Waals surface area contributed by atoms with Crippen molar-refractivity contribution in [3.05, 3.63) is 31.9 Å². The van der Waals surface area contributed by atoms with Crippen LogP contribution in [-0.4, -0.2) is 64.7 Å². The number of nitrogens with two attached hydrogens (primary N) is 1. The fraction of sp³-hybridized carbons (Fsp3) is 0.667. The summed E-state index contributed by atoms with van der Waals surface area (Å²) in [6.07, 6.45) is 0.252. The van der Waals surface area contributed by atoms with Crippen LogP contribution in [0.4, 0.5) is 0 Å². The van der Waals surface area contributed by atoms with E-state index < -0.39 is 37.2 Å². The third-order valence-electron chi connectivity index (χ3n) is 5.34. The molecule has 1 aromatic heterocycles. The molecule has 18 heteroatoms. The van der Waals surface area contributed by atoms with Gasteiger partial charge >= 0.3 is 0 Å². The lowest BCUT2D eigenvalue weighted by Gasteiger charge is -2.36. The molecule has 15 nitrogen and oxygen atoms in total. The van der Waals surface area contributed by atoms with E-state index in [-0.39, 0.29) is 62.0 Å². The number of fused-ring (bicyclic) bond motifs is 1. The Hall–Kier alpha value is -2.70. The number of hydrazine groups is 1. The average Bonchev–Trinajstić information content (AvgIpc) is 3.22. The SMILES string of the molecule is CCN(C(=O)CCCO[N+](=O)[O-])C1CC(C)S(=O)(=O)c2sc(SN(N)C(=O)CCCO[N+](=O)[O-])cc21. The molecule has 2 atom stereocenters. The molecule has 0 saturated carbocycles. The van der Waals surface area contributed by atoms with E-state index in [1.807, 2.05) is 0 Å². The first-order valence-corrected chi connectivity index (χ1v) is 14.0. The average molecular weight is 570 g/mol. The van der Waals surface area contributed by atoms with Gasteiger partial charge in [-0.2, -0.15) is 0 Å². The molecule has 0 spiro atoms. The summed E-state index contributed by atoms with van der Waals surface area (Å²) in [5.41, 5.74) is 0.428. The Morgan fingerprint density at radius 1 is 1.17 bits per heavy atom. The summed E-state index contributed by atoms with van der Waals surface area (Å²) in [7, 11) is -3.66. The molecule has 2 unspecified atom stereocenters. The quantitative estimate of drug-likeness (QED) is 0.0851. The molecule has 1 aliphatic rings. The van der Waals surface area contributed by atoms with Crippen LogP contribution in [0, 0.1) is 20.2 Å². The minimum absolute atomic E-state index is 0.00830. The fourth-order valence-corrected chi connectivity index (χ4v) is 8.21. The molecule has 36 heavy (non-hydrogen) atoms. The summed E-state index contributed by atoms with van der Waals surface area (Å²) in [6.45, 7) is 3.12. The van der Waals surface area contributed by atoms with Gasteiger partial charge in [0.2, 0.25) is 11.8 Å². The normalized spacial score (nSPS) is 18.1. The lowest BCUT2D eigenvalue weighted by molar-refractivity contribution is -0.757. The van der Waals surface area contributed by atoms with Gasteiger partial charge in [-0.1, -0.05) is 0 Å². The zero-order chi connectivity index (χ0) is 27.0. The number of carbonyl (C=O) groups is 2. The first-order chi connectivity index (χ1) is 16.9. The van der Waals surface area contributed by atoms with Crippen LogP contribution in [0.25, 0.3) is 0 Å². The van der Waals surface area contributed by atoms with Crippen molar-refractivity contribution in [2.24, 2.45) is 5.84 Å². The van der Waals surface area contributed by atoms with Crippen molar-refractivity contribution >= 4 is 44.9 Å². The number of sulfone groups is 1. The number of thiophene rings is 1. The Kier molecular flexibility index (Phi) is 10.7. The Balaban J connectivity index is 2.17. The molecule has 2 amide bonds. The second kappa shape index (κ2) is 13.0. The van der Waals surface area contributed by atoms with Crippen LogP contribution >= 0.6 is 23.3 Å². The third-order valence-corrected chi connectivity index (χ3v) is 10.2. The fourth-order valence-electron chi connectivity index (χ4n) is 3.61. The molecule has 0 bridgehead atoms. The summed E-state index contributed by atoms with van der Waals surface area (Å²) >= 11 is 1.76. The van der Waals surface area contributed by atoms with E-state index in [2.05, 4.69) is 9.68 Å². The first-order valence-electron chi connectivity index (χ1n) is 10.9. The molecule has 1 aliphatic heterocycles. The van der Waals surface area contributed by atoms with E-state index in [1.54, 1.807) is 19.9 Å². The lowest BCUT2D eigenvalue weighted by atomic mass is 10.0. The minimum Gasteiger partial charge on any atom is -0.336 e.